The van der Waals surface area contributed by atoms with Crippen molar-refractivity contribution in [1.82, 2.24) is 10.3 Å². The average molecular weight is 271 g/mol. The Balaban J connectivity index is 2.69. The molecule has 0 saturated carbocycles. The van der Waals surface area contributed by atoms with Crippen LogP contribution in [-0.4, -0.2) is 16.9 Å². The van der Waals surface area contributed by atoms with Crippen LogP contribution in [0, 0.1) is 5.92 Å². The van der Waals surface area contributed by atoms with Gasteiger partial charge in [0.2, 0.25) is 0 Å². The largest absolute Gasteiger partial charge is 0.349 e. The summed E-state index contributed by atoms with van der Waals surface area (Å²) < 4.78 is 0.812. The fourth-order valence-electron chi connectivity index (χ4n) is 0.993. The number of aromatic nitrogens is 1. The zero-order valence-corrected chi connectivity index (χ0v) is 10.7. The van der Waals surface area contributed by atoms with E-state index in [0.29, 0.717) is 11.5 Å². The molecular formula is C11H15BrN2O. The lowest BCUT2D eigenvalue weighted by molar-refractivity contribution is 0.0930. The Bertz CT molecular complexity index is 352. The molecule has 0 spiro atoms. The zero-order valence-electron chi connectivity index (χ0n) is 9.12. The van der Waals surface area contributed by atoms with Gasteiger partial charge < -0.3 is 5.32 Å². The molecule has 1 heterocycles. The minimum Gasteiger partial charge on any atom is -0.349 e. The van der Waals surface area contributed by atoms with Crippen molar-refractivity contribution in [3.8, 4) is 0 Å². The molecule has 0 bridgehead atoms. The van der Waals surface area contributed by atoms with Gasteiger partial charge in [-0.2, -0.15) is 0 Å². The van der Waals surface area contributed by atoms with Gasteiger partial charge in [0, 0.05) is 22.9 Å². The molecule has 0 aliphatic heterocycles. The van der Waals surface area contributed by atoms with Gasteiger partial charge in [0.05, 0.1) is 5.56 Å². The third-order valence-corrected chi connectivity index (χ3v) is 2.76. The quantitative estimate of drug-likeness (QED) is 0.918. The fourth-order valence-corrected chi connectivity index (χ4v) is 1.36. The van der Waals surface area contributed by atoms with Crippen LogP contribution in [-0.2, 0) is 0 Å². The van der Waals surface area contributed by atoms with Crippen LogP contribution in [0.1, 0.15) is 31.1 Å². The number of amides is 1. The van der Waals surface area contributed by atoms with Crippen LogP contribution in [0.25, 0.3) is 0 Å². The second-order valence-corrected chi connectivity index (χ2v) is 4.81. The fraction of sp³-hybridized carbons (Fsp3) is 0.455. The number of carbonyl (C=O) groups is 1. The van der Waals surface area contributed by atoms with Gasteiger partial charge in [-0.15, -0.1) is 0 Å². The first-order valence-electron chi connectivity index (χ1n) is 4.92. The van der Waals surface area contributed by atoms with Crippen LogP contribution in [0.2, 0.25) is 0 Å². The van der Waals surface area contributed by atoms with Crippen LogP contribution >= 0.6 is 15.9 Å². The van der Waals surface area contributed by atoms with E-state index in [1.807, 2.05) is 6.92 Å². The van der Waals surface area contributed by atoms with Gasteiger partial charge in [-0.3, -0.25) is 9.78 Å². The molecule has 1 unspecified atom stereocenters. The standard InChI is InChI=1S/C11H15BrN2O/c1-7(2)8(3)14-11(15)9-4-10(12)6-13-5-9/h4-8H,1-3H3,(H,14,15). The van der Waals surface area contributed by atoms with Crippen molar-refractivity contribution in [2.24, 2.45) is 5.92 Å². The molecule has 1 atom stereocenters. The third-order valence-electron chi connectivity index (χ3n) is 2.33. The first kappa shape index (κ1) is 12.2. The summed E-state index contributed by atoms with van der Waals surface area (Å²) >= 11 is 3.28. The van der Waals surface area contributed by atoms with E-state index in [9.17, 15) is 4.79 Å². The monoisotopic (exact) mass is 270 g/mol. The van der Waals surface area contributed by atoms with Gasteiger partial charge in [-0.05, 0) is 34.8 Å². The first-order chi connectivity index (χ1) is 7.00. The van der Waals surface area contributed by atoms with Gasteiger partial charge in [0.15, 0.2) is 0 Å². The van der Waals surface area contributed by atoms with Gasteiger partial charge in [-0.1, -0.05) is 13.8 Å². The van der Waals surface area contributed by atoms with Crippen molar-refractivity contribution >= 4 is 21.8 Å². The molecule has 1 aromatic heterocycles. The molecule has 4 heteroatoms. The van der Waals surface area contributed by atoms with Gasteiger partial charge in [-0.25, -0.2) is 0 Å². The predicted molar refractivity (Wildman–Crippen MR) is 63.7 cm³/mol. The molecule has 1 amide bonds. The Hall–Kier alpha value is -0.900. The highest BCUT2D eigenvalue weighted by atomic mass is 79.9. The van der Waals surface area contributed by atoms with E-state index >= 15 is 0 Å². The summed E-state index contributed by atoms with van der Waals surface area (Å²) in [5.41, 5.74) is 0.580. The molecule has 3 nitrogen and oxygen atoms in total. The summed E-state index contributed by atoms with van der Waals surface area (Å²) in [4.78, 5) is 15.7. The molecule has 1 aromatic rings. The maximum Gasteiger partial charge on any atom is 0.253 e. The second-order valence-electron chi connectivity index (χ2n) is 3.90. The first-order valence-corrected chi connectivity index (χ1v) is 5.71. The number of nitrogens with zero attached hydrogens (tertiary/aromatic N) is 1. The van der Waals surface area contributed by atoms with Crippen molar-refractivity contribution in [3.05, 3.63) is 28.5 Å². The second kappa shape index (κ2) is 5.26. The number of hydrogen-bond acceptors (Lipinski definition) is 2. The normalized spacial score (nSPS) is 12.6. The molecule has 82 valence electrons. The van der Waals surface area contributed by atoms with E-state index in [-0.39, 0.29) is 11.9 Å². The van der Waals surface area contributed by atoms with Gasteiger partial charge >= 0.3 is 0 Å². The average Bonchev–Trinajstić information content (AvgIpc) is 2.17. The molecule has 0 aliphatic rings. The van der Waals surface area contributed by atoms with Gasteiger partial charge in [0.1, 0.15) is 0 Å². The Morgan fingerprint density at radius 2 is 2.07 bits per heavy atom. The lowest BCUT2D eigenvalue weighted by Gasteiger charge is -2.17. The molecule has 0 aromatic carbocycles. The number of hydrogen-bond donors (Lipinski definition) is 1. The number of rotatable bonds is 3. The van der Waals surface area contributed by atoms with Crippen molar-refractivity contribution in [2.75, 3.05) is 0 Å². The molecule has 1 N–H and O–H groups in total. The summed E-state index contributed by atoms with van der Waals surface area (Å²) in [7, 11) is 0. The van der Waals surface area contributed by atoms with E-state index in [2.05, 4.69) is 40.1 Å². The summed E-state index contributed by atoms with van der Waals surface area (Å²) in [5.74, 6) is 0.346. The topological polar surface area (TPSA) is 42.0 Å². The minimum atomic E-state index is -0.0787. The summed E-state index contributed by atoms with van der Waals surface area (Å²) in [6, 6.07) is 1.92. The Morgan fingerprint density at radius 3 is 2.60 bits per heavy atom. The van der Waals surface area contributed by atoms with Crippen LogP contribution in [0.3, 0.4) is 0 Å². The van der Waals surface area contributed by atoms with Crippen LogP contribution in [0.15, 0.2) is 22.9 Å². The van der Waals surface area contributed by atoms with E-state index in [4.69, 9.17) is 0 Å². The Kier molecular flexibility index (Phi) is 4.27. The highest BCUT2D eigenvalue weighted by Crippen LogP contribution is 2.10. The molecule has 0 saturated heterocycles. The van der Waals surface area contributed by atoms with Crippen LogP contribution in [0.4, 0.5) is 0 Å². The van der Waals surface area contributed by atoms with E-state index in [1.165, 1.54) is 0 Å². The molecule has 15 heavy (non-hydrogen) atoms. The Labute approximate surface area is 98.4 Å². The number of carbonyl (C=O) groups excluding carboxylic acids is 1. The van der Waals surface area contributed by atoms with Crippen molar-refractivity contribution in [3.63, 3.8) is 0 Å². The molecule has 0 radical (unpaired) electrons. The number of pyridine rings is 1. The summed E-state index contributed by atoms with van der Waals surface area (Å²) in [6.45, 7) is 6.14. The highest BCUT2D eigenvalue weighted by molar-refractivity contribution is 9.10. The van der Waals surface area contributed by atoms with Gasteiger partial charge in [0.25, 0.3) is 5.91 Å². The lowest BCUT2D eigenvalue weighted by Crippen LogP contribution is -2.36. The maximum absolute atomic E-state index is 11.7. The maximum atomic E-state index is 11.7. The van der Waals surface area contributed by atoms with Crippen LogP contribution in [0.5, 0.6) is 0 Å². The van der Waals surface area contributed by atoms with Crippen molar-refractivity contribution < 1.29 is 4.79 Å². The van der Waals surface area contributed by atoms with E-state index < -0.39 is 0 Å². The Morgan fingerprint density at radius 1 is 1.40 bits per heavy atom. The van der Waals surface area contributed by atoms with Crippen molar-refractivity contribution in [2.45, 2.75) is 26.8 Å². The predicted octanol–water partition coefficient (Wildman–Crippen LogP) is 2.62. The highest BCUT2D eigenvalue weighted by Gasteiger charge is 2.12. The zero-order chi connectivity index (χ0) is 11.4. The smallest absolute Gasteiger partial charge is 0.253 e. The summed E-state index contributed by atoms with van der Waals surface area (Å²) in [5, 5.41) is 2.92. The minimum absolute atomic E-state index is 0.0787. The lowest BCUT2D eigenvalue weighted by atomic mass is 10.1. The van der Waals surface area contributed by atoms with Crippen molar-refractivity contribution in [1.29, 1.82) is 0 Å². The SMILES string of the molecule is CC(C)C(C)NC(=O)c1cncc(Br)c1. The molecule has 1 rings (SSSR count). The number of nitrogens with one attached hydrogen (secondary N) is 1. The van der Waals surface area contributed by atoms with E-state index in [1.54, 1.807) is 18.5 Å². The molecule has 0 fully saturated rings. The third kappa shape index (κ3) is 3.63. The van der Waals surface area contributed by atoms with E-state index in [0.717, 1.165) is 4.47 Å². The van der Waals surface area contributed by atoms with Crippen LogP contribution < -0.4 is 5.32 Å². The molecular weight excluding hydrogens is 256 g/mol. The number of halogens is 1. The summed E-state index contributed by atoms with van der Waals surface area (Å²) in [6.07, 6.45) is 3.22. The molecule has 0 aliphatic carbocycles.